The van der Waals surface area contributed by atoms with Gasteiger partial charge in [0.1, 0.15) is 6.61 Å². The first-order chi connectivity index (χ1) is 8.74. The highest BCUT2D eigenvalue weighted by Crippen LogP contribution is 2.35. The summed E-state index contributed by atoms with van der Waals surface area (Å²) in [5, 5.41) is 12.9. The molecule has 0 aliphatic heterocycles. The van der Waals surface area contributed by atoms with Crippen molar-refractivity contribution in [2.45, 2.75) is 25.4 Å². The number of hydrogen-bond acceptors (Lipinski definition) is 4. The maximum Gasteiger partial charge on any atom is 0.165 e. The SMILES string of the molecule is COc1cc(Cl)cc(CNC2CC2)c1OCCO. The van der Waals surface area contributed by atoms with Gasteiger partial charge in [0, 0.05) is 29.2 Å². The maximum absolute atomic E-state index is 8.86. The molecule has 0 bridgehead atoms. The highest BCUT2D eigenvalue weighted by molar-refractivity contribution is 6.30. The molecule has 0 aromatic heterocycles. The summed E-state index contributed by atoms with van der Waals surface area (Å²) in [6, 6.07) is 4.20. The molecule has 100 valence electrons. The maximum atomic E-state index is 8.86. The van der Waals surface area contributed by atoms with E-state index in [0.717, 1.165) is 5.56 Å². The van der Waals surface area contributed by atoms with Crippen LogP contribution in [0.25, 0.3) is 0 Å². The third kappa shape index (κ3) is 3.51. The number of halogens is 1. The molecule has 4 nitrogen and oxygen atoms in total. The molecule has 2 rings (SSSR count). The summed E-state index contributed by atoms with van der Waals surface area (Å²) in [6.07, 6.45) is 2.45. The summed E-state index contributed by atoms with van der Waals surface area (Å²) in [5.41, 5.74) is 0.958. The molecule has 1 aromatic carbocycles. The number of ether oxygens (including phenoxy) is 2. The molecule has 0 amide bonds. The monoisotopic (exact) mass is 271 g/mol. The average Bonchev–Trinajstić information content (AvgIpc) is 3.18. The minimum atomic E-state index is -0.0265. The Kier molecular flexibility index (Phi) is 4.69. The molecule has 1 aliphatic carbocycles. The largest absolute Gasteiger partial charge is 0.493 e. The van der Waals surface area contributed by atoms with Crippen LogP contribution < -0.4 is 14.8 Å². The van der Waals surface area contributed by atoms with Crippen molar-refractivity contribution in [3.63, 3.8) is 0 Å². The minimum absolute atomic E-state index is 0.0265. The molecule has 1 aliphatic rings. The van der Waals surface area contributed by atoms with Crippen LogP contribution in [0.15, 0.2) is 12.1 Å². The van der Waals surface area contributed by atoms with Crippen LogP contribution >= 0.6 is 11.6 Å². The molecular weight excluding hydrogens is 254 g/mol. The van der Waals surface area contributed by atoms with Crippen LogP contribution in [0.4, 0.5) is 0 Å². The number of aliphatic hydroxyl groups is 1. The first-order valence-electron chi connectivity index (χ1n) is 6.08. The number of rotatable bonds is 7. The van der Waals surface area contributed by atoms with E-state index in [4.69, 9.17) is 26.2 Å². The quantitative estimate of drug-likeness (QED) is 0.796. The van der Waals surface area contributed by atoms with Gasteiger partial charge in [0.2, 0.25) is 0 Å². The third-order valence-electron chi connectivity index (χ3n) is 2.81. The second kappa shape index (κ2) is 6.27. The molecule has 1 saturated carbocycles. The van der Waals surface area contributed by atoms with Gasteiger partial charge in [-0.05, 0) is 18.9 Å². The van der Waals surface area contributed by atoms with Crippen molar-refractivity contribution in [1.82, 2.24) is 5.32 Å². The molecule has 0 saturated heterocycles. The van der Waals surface area contributed by atoms with E-state index in [9.17, 15) is 0 Å². The van der Waals surface area contributed by atoms with E-state index < -0.39 is 0 Å². The number of hydrogen-bond donors (Lipinski definition) is 2. The van der Waals surface area contributed by atoms with Crippen molar-refractivity contribution in [2.75, 3.05) is 20.3 Å². The van der Waals surface area contributed by atoms with Crippen LogP contribution in [0.5, 0.6) is 11.5 Å². The number of nitrogens with one attached hydrogen (secondary N) is 1. The molecule has 0 heterocycles. The van der Waals surface area contributed by atoms with Gasteiger partial charge in [-0.1, -0.05) is 11.6 Å². The van der Waals surface area contributed by atoms with Crippen LogP contribution in [0.1, 0.15) is 18.4 Å². The fourth-order valence-electron chi connectivity index (χ4n) is 1.76. The first-order valence-corrected chi connectivity index (χ1v) is 6.46. The lowest BCUT2D eigenvalue weighted by Gasteiger charge is -2.15. The summed E-state index contributed by atoms with van der Waals surface area (Å²) >= 11 is 6.05. The first kappa shape index (κ1) is 13.5. The Bertz CT molecular complexity index is 407. The topological polar surface area (TPSA) is 50.7 Å². The smallest absolute Gasteiger partial charge is 0.165 e. The highest BCUT2D eigenvalue weighted by atomic mass is 35.5. The van der Waals surface area contributed by atoms with E-state index in [1.54, 1.807) is 13.2 Å². The molecule has 1 aromatic rings. The molecule has 1 fully saturated rings. The Morgan fingerprint density at radius 2 is 2.22 bits per heavy atom. The van der Waals surface area contributed by atoms with E-state index in [2.05, 4.69) is 5.32 Å². The predicted octanol–water partition coefficient (Wildman–Crippen LogP) is 1.97. The molecule has 2 N–H and O–H groups in total. The molecular formula is C13H18ClNO3. The van der Waals surface area contributed by atoms with Gasteiger partial charge in [0.05, 0.1) is 13.7 Å². The van der Waals surface area contributed by atoms with Gasteiger partial charge in [-0.15, -0.1) is 0 Å². The van der Waals surface area contributed by atoms with Crippen molar-refractivity contribution >= 4 is 11.6 Å². The van der Waals surface area contributed by atoms with Crippen molar-refractivity contribution in [2.24, 2.45) is 0 Å². The molecule has 0 radical (unpaired) electrons. The van der Waals surface area contributed by atoms with Crippen LogP contribution in [-0.2, 0) is 6.54 Å². The highest BCUT2D eigenvalue weighted by Gasteiger charge is 2.21. The number of benzene rings is 1. The van der Waals surface area contributed by atoms with E-state index >= 15 is 0 Å². The molecule has 5 heteroatoms. The fourth-order valence-corrected chi connectivity index (χ4v) is 1.99. The van der Waals surface area contributed by atoms with Crippen LogP contribution in [0.2, 0.25) is 5.02 Å². The van der Waals surface area contributed by atoms with E-state index in [-0.39, 0.29) is 13.2 Å². The second-order valence-corrected chi connectivity index (χ2v) is 4.76. The van der Waals surface area contributed by atoms with Crippen molar-refractivity contribution in [3.8, 4) is 11.5 Å². The summed E-state index contributed by atoms with van der Waals surface area (Å²) in [7, 11) is 1.58. The van der Waals surface area contributed by atoms with E-state index in [0.29, 0.717) is 29.1 Å². The Balaban J connectivity index is 2.17. The van der Waals surface area contributed by atoms with Gasteiger partial charge < -0.3 is 19.9 Å². The van der Waals surface area contributed by atoms with Crippen molar-refractivity contribution < 1.29 is 14.6 Å². The second-order valence-electron chi connectivity index (χ2n) is 4.32. The predicted molar refractivity (Wildman–Crippen MR) is 70.4 cm³/mol. The Hall–Kier alpha value is -0.970. The molecule has 0 unspecified atom stereocenters. The molecule has 18 heavy (non-hydrogen) atoms. The van der Waals surface area contributed by atoms with Crippen LogP contribution in [0.3, 0.4) is 0 Å². The van der Waals surface area contributed by atoms with Gasteiger partial charge in [-0.25, -0.2) is 0 Å². The van der Waals surface area contributed by atoms with Gasteiger partial charge in [0.15, 0.2) is 11.5 Å². The summed E-state index contributed by atoms with van der Waals surface area (Å²) in [6.45, 7) is 0.915. The summed E-state index contributed by atoms with van der Waals surface area (Å²) in [4.78, 5) is 0. The third-order valence-corrected chi connectivity index (χ3v) is 3.03. The van der Waals surface area contributed by atoms with Gasteiger partial charge in [0.25, 0.3) is 0 Å². The van der Waals surface area contributed by atoms with Gasteiger partial charge in [-0.3, -0.25) is 0 Å². The number of aliphatic hydroxyl groups excluding tert-OH is 1. The normalized spacial score (nSPS) is 14.6. The van der Waals surface area contributed by atoms with Gasteiger partial charge >= 0.3 is 0 Å². The zero-order valence-electron chi connectivity index (χ0n) is 10.4. The molecule has 0 spiro atoms. The Labute approximate surface area is 112 Å². The standard InChI is InChI=1S/C13H18ClNO3/c1-17-12-7-10(14)6-9(8-15-11-2-3-11)13(12)18-5-4-16/h6-7,11,15-16H,2-5,8H2,1H3. The van der Waals surface area contributed by atoms with Crippen molar-refractivity contribution in [1.29, 1.82) is 0 Å². The lowest BCUT2D eigenvalue weighted by Crippen LogP contribution is -2.17. The van der Waals surface area contributed by atoms with E-state index in [1.165, 1.54) is 12.8 Å². The zero-order chi connectivity index (χ0) is 13.0. The number of methoxy groups -OCH3 is 1. The molecule has 0 atom stereocenters. The Morgan fingerprint density at radius 1 is 1.44 bits per heavy atom. The lowest BCUT2D eigenvalue weighted by atomic mass is 10.2. The fraction of sp³-hybridized carbons (Fsp3) is 0.538. The average molecular weight is 272 g/mol. The van der Waals surface area contributed by atoms with Crippen LogP contribution in [-0.4, -0.2) is 31.5 Å². The summed E-state index contributed by atoms with van der Waals surface area (Å²) < 4.78 is 10.8. The van der Waals surface area contributed by atoms with Gasteiger partial charge in [-0.2, -0.15) is 0 Å². The van der Waals surface area contributed by atoms with E-state index in [1.807, 2.05) is 6.07 Å². The minimum Gasteiger partial charge on any atom is -0.493 e. The Morgan fingerprint density at radius 3 is 2.83 bits per heavy atom. The van der Waals surface area contributed by atoms with Crippen molar-refractivity contribution in [3.05, 3.63) is 22.7 Å². The van der Waals surface area contributed by atoms with Crippen LogP contribution in [0, 0.1) is 0 Å². The summed E-state index contributed by atoms with van der Waals surface area (Å²) in [5.74, 6) is 1.26. The zero-order valence-corrected chi connectivity index (χ0v) is 11.2. The lowest BCUT2D eigenvalue weighted by molar-refractivity contribution is 0.195.